The minimum Gasteiger partial charge on any atom is -0.366 e. The first-order valence-electron chi connectivity index (χ1n) is 6.12. The smallest absolute Gasteiger partial charge is 0.366 e. The summed E-state index contributed by atoms with van der Waals surface area (Å²) in [6.45, 7) is 0. The normalized spacial score (nSPS) is 11.1. The molecule has 2 rings (SSSR count). The Bertz CT molecular complexity index is 761. The van der Waals surface area contributed by atoms with E-state index in [0.717, 1.165) is 0 Å². The van der Waals surface area contributed by atoms with Gasteiger partial charge in [-0.15, -0.1) is 0 Å². The Morgan fingerprint density at radius 3 is 2.30 bits per heavy atom. The van der Waals surface area contributed by atoms with Crippen molar-refractivity contribution in [2.75, 3.05) is 5.32 Å². The fourth-order valence-corrected chi connectivity index (χ4v) is 1.87. The summed E-state index contributed by atoms with van der Waals surface area (Å²) in [6, 6.07) is 6.11. The van der Waals surface area contributed by atoms with Gasteiger partial charge in [-0.25, -0.2) is 4.98 Å². The van der Waals surface area contributed by atoms with Crippen molar-refractivity contribution in [3.63, 3.8) is 0 Å². The molecule has 0 aliphatic heterocycles. The Hall–Kier alpha value is -2.61. The molecule has 1 aromatic carbocycles. The fraction of sp³-hybridized carbons (Fsp3) is 0.0714. The number of anilines is 1. The maximum absolute atomic E-state index is 12.7. The topological polar surface area (TPSA) is 85.1 Å². The number of hydrogen-bond acceptors (Lipinski definition) is 3. The van der Waals surface area contributed by atoms with Gasteiger partial charge in [-0.1, -0.05) is 11.6 Å². The molecule has 5 nitrogen and oxygen atoms in total. The van der Waals surface area contributed by atoms with Gasteiger partial charge < -0.3 is 11.1 Å². The molecule has 3 N–H and O–H groups in total. The minimum atomic E-state index is -4.64. The third-order valence-electron chi connectivity index (χ3n) is 2.84. The number of halogens is 4. The number of alkyl halides is 3. The summed E-state index contributed by atoms with van der Waals surface area (Å²) in [5.74, 6) is -1.51. The third kappa shape index (κ3) is 3.98. The highest BCUT2D eigenvalue weighted by Crippen LogP contribution is 2.30. The molecular formula is C14H9ClF3N3O2. The number of nitrogens with two attached hydrogens (primary N) is 1. The van der Waals surface area contributed by atoms with Crippen molar-refractivity contribution in [3.05, 3.63) is 58.4 Å². The van der Waals surface area contributed by atoms with E-state index < -0.39 is 29.1 Å². The second-order valence-electron chi connectivity index (χ2n) is 4.46. The molecule has 2 aromatic rings. The average Bonchev–Trinajstić information content (AvgIpc) is 2.46. The summed E-state index contributed by atoms with van der Waals surface area (Å²) >= 11 is 5.67. The van der Waals surface area contributed by atoms with Crippen LogP contribution in [0.15, 0.2) is 36.5 Å². The van der Waals surface area contributed by atoms with Crippen molar-refractivity contribution in [3.8, 4) is 0 Å². The lowest BCUT2D eigenvalue weighted by Crippen LogP contribution is -2.16. The van der Waals surface area contributed by atoms with Gasteiger partial charge in [0.2, 0.25) is 5.91 Å². The molecule has 0 fully saturated rings. The van der Waals surface area contributed by atoms with Gasteiger partial charge in [0.15, 0.2) is 0 Å². The van der Waals surface area contributed by atoms with Gasteiger partial charge in [0, 0.05) is 17.4 Å². The maximum Gasteiger partial charge on any atom is 0.417 e. The van der Waals surface area contributed by atoms with Crippen molar-refractivity contribution in [2.45, 2.75) is 6.18 Å². The fourth-order valence-electron chi connectivity index (χ4n) is 1.68. The van der Waals surface area contributed by atoms with E-state index >= 15 is 0 Å². The predicted octanol–water partition coefficient (Wildman–Crippen LogP) is 3.11. The van der Waals surface area contributed by atoms with E-state index in [1.165, 1.54) is 24.3 Å². The van der Waals surface area contributed by atoms with Crippen molar-refractivity contribution in [1.82, 2.24) is 4.98 Å². The standard InChI is InChI=1S/C14H9ClF3N3O2/c15-11-10(5-8(6-20-11)14(16,17)18)13(23)21-9-3-1-7(2-4-9)12(19)22/h1-6H,(H2,19,22)(H,21,23). The molecule has 23 heavy (non-hydrogen) atoms. The number of rotatable bonds is 3. The second-order valence-corrected chi connectivity index (χ2v) is 4.81. The highest BCUT2D eigenvalue weighted by atomic mass is 35.5. The molecule has 0 bridgehead atoms. The molecule has 0 radical (unpaired) electrons. The maximum atomic E-state index is 12.7. The predicted molar refractivity (Wildman–Crippen MR) is 77.2 cm³/mol. The van der Waals surface area contributed by atoms with Crippen LogP contribution in [-0.4, -0.2) is 16.8 Å². The van der Waals surface area contributed by atoms with E-state index in [0.29, 0.717) is 12.3 Å². The van der Waals surface area contributed by atoms with Crippen molar-refractivity contribution in [1.29, 1.82) is 0 Å². The van der Waals surface area contributed by atoms with Gasteiger partial charge in [0.1, 0.15) is 5.15 Å². The van der Waals surface area contributed by atoms with E-state index in [4.69, 9.17) is 17.3 Å². The number of carbonyl (C=O) groups excluding carboxylic acids is 2. The van der Waals surface area contributed by atoms with Crippen LogP contribution in [0.5, 0.6) is 0 Å². The number of benzene rings is 1. The summed E-state index contributed by atoms with van der Waals surface area (Å²) in [4.78, 5) is 26.3. The van der Waals surface area contributed by atoms with E-state index in [-0.39, 0.29) is 16.4 Å². The molecule has 0 aliphatic carbocycles. The highest BCUT2D eigenvalue weighted by molar-refractivity contribution is 6.33. The number of pyridine rings is 1. The summed E-state index contributed by atoms with van der Waals surface area (Å²) in [7, 11) is 0. The number of nitrogens with zero attached hydrogens (tertiary/aromatic N) is 1. The van der Waals surface area contributed by atoms with Crippen molar-refractivity contribution < 1.29 is 22.8 Å². The Balaban J connectivity index is 2.25. The van der Waals surface area contributed by atoms with Gasteiger partial charge in [-0.3, -0.25) is 9.59 Å². The number of hydrogen-bond donors (Lipinski definition) is 2. The van der Waals surface area contributed by atoms with Gasteiger partial charge in [-0.05, 0) is 30.3 Å². The van der Waals surface area contributed by atoms with E-state index in [9.17, 15) is 22.8 Å². The van der Waals surface area contributed by atoms with E-state index in [1.54, 1.807) is 0 Å². The summed E-state index contributed by atoms with van der Waals surface area (Å²) in [6.07, 6.45) is -4.10. The Kier molecular flexibility index (Phi) is 4.55. The average molecular weight is 344 g/mol. The molecule has 0 saturated heterocycles. The number of amides is 2. The van der Waals surface area contributed by atoms with Crippen molar-refractivity contribution in [2.24, 2.45) is 5.73 Å². The minimum absolute atomic E-state index is 0.224. The third-order valence-corrected chi connectivity index (χ3v) is 3.14. The lowest BCUT2D eigenvalue weighted by Gasteiger charge is -2.10. The van der Waals surface area contributed by atoms with Crippen LogP contribution in [0, 0.1) is 0 Å². The van der Waals surface area contributed by atoms with Gasteiger partial charge in [0.05, 0.1) is 11.1 Å². The molecule has 9 heteroatoms. The molecule has 0 saturated carbocycles. The van der Waals surface area contributed by atoms with Gasteiger partial charge in [-0.2, -0.15) is 13.2 Å². The van der Waals surface area contributed by atoms with Crippen LogP contribution >= 0.6 is 11.6 Å². The van der Waals surface area contributed by atoms with E-state index in [2.05, 4.69) is 10.3 Å². The molecule has 0 spiro atoms. The zero-order valence-corrected chi connectivity index (χ0v) is 12.1. The molecule has 120 valence electrons. The zero-order valence-electron chi connectivity index (χ0n) is 11.3. The molecule has 1 heterocycles. The quantitative estimate of drug-likeness (QED) is 0.840. The lowest BCUT2D eigenvalue weighted by molar-refractivity contribution is -0.137. The van der Waals surface area contributed by atoms with Crippen LogP contribution in [-0.2, 0) is 6.18 Å². The summed E-state index contributed by atoms with van der Waals surface area (Å²) in [5, 5.41) is 2.00. The highest BCUT2D eigenvalue weighted by Gasteiger charge is 2.32. The first-order chi connectivity index (χ1) is 10.7. The van der Waals surface area contributed by atoms with Crippen LogP contribution in [0.1, 0.15) is 26.3 Å². The zero-order chi connectivity index (χ0) is 17.2. The van der Waals surface area contributed by atoms with Crippen LogP contribution in [0.4, 0.5) is 18.9 Å². The van der Waals surface area contributed by atoms with Gasteiger partial charge in [0.25, 0.3) is 5.91 Å². The Morgan fingerprint density at radius 2 is 1.78 bits per heavy atom. The van der Waals surface area contributed by atoms with Crippen LogP contribution < -0.4 is 11.1 Å². The summed E-state index contributed by atoms with van der Waals surface area (Å²) in [5.41, 5.74) is 4.05. The van der Waals surface area contributed by atoms with Crippen LogP contribution in [0.3, 0.4) is 0 Å². The number of aromatic nitrogens is 1. The summed E-state index contributed by atoms with van der Waals surface area (Å²) < 4.78 is 38.0. The Morgan fingerprint density at radius 1 is 1.17 bits per heavy atom. The number of carbonyl (C=O) groups is 2. The SMILES string of the molecule is NC(=O)c1ccc(NC(=O)c2cc(C(F)(F)F)cnc2Cl)cc1. The first kappa shape index (κ1) is 16.8. The molecule has 0 unspecified atom stereocenters. The Labute approximate surface area is 133 Å². The van der Waals surface area contributed by atoms with Gasteiger partial charge >= 0.3 is 6.18 Å². The molecular weight excluding hydrogens is 335 g/mol. The van der Waals surface area contributed by atoms with E-state index in [1.807, 2.05) is 0 Å². The monoisotopic (exact) mass is 343 g/mol. The largest absolute Gasteiger partial charge is 0.417 e. The molecule has 0 aliphatic rings. The van der Waals surface area contributed by atoms with Crippen LogP contribution in [0.25, 0.3) is 0 Å². The first-order valence-corrected chi connectivity index (χ1v) is 6.50. The molecule has 2 amide bonds. The molecule has 0 atom stereocenters. The van der Waals surface area contributed by atoms with Crippen molar-refractivity contribution >= 4 is 29.1 Å². The van der Waals surface area contributed by atoms with Crippen LogP contribution in [0.2, 0.25) is 5.15 Å². The lowest BCUT2D eigenvalue weighted by atomic mass is 10.1. The number of primary amides is 1. The number of nitrogens with one attached hydrogen (secondary N) is 1. The molecule has 1 aromatic heterocycles. The second kappa shape index (κ2) is 6.25.